The largest absolute Gasteiger partial charge is 0.506 e. The molecule has 0 unspecified atom stereocenters. The molecule has 0 spiro atoms. The van der Waals surface area contributed by atoms with Gasteiger partial charge in [-0.25, -0.2) is 0 Å². The Morgan fingerprint density at radius 3 is 2.49 bits per heavy atom. The van der Waals surface area contributed by atoms with Crippen molar-refractivity contribution in [3.05, 3.63) is 47.1 Å². The van der Waals surface area contributed by atoms with E-state index in [0.29, 0.717) is 23.4 Å². The lowest BCUT2D eigenvalue weighted by molar-refractivity contribution is -0.268. The van der Waals surface area contributed by atoms with Crippen molar-refractivity contribution >= 4 is 17.5 Å². The molecular weight excluding hydrogens is 508 g/mol. The van der Waals surface area contributed by atoms with E-state index in [1.165, 1.54) is 26.2 Å². The molecule has 1 amide bonds. The number of aromatic hydroxyl groups is 1. The second-order valence-electron chi connectivity index (χ2n) is 8.42. The standard InChI is InChI=1S/C25H27ClN2O9/c1-4-27-24(33)19-18(12-5-7-13(34-3)8-6-12)23(37-28-19)14-9-15(26)16(29)10-17(14)36-25-22(32)21(31)20(30)11(2)35-25/h5-11,20-22,25,29-32H,4H2,1-3H3,(H,27,33)/t11-,20+,21+,22-,25-/m0/s1. The van der Waals surface area contributed by atoms with Gasteiger partial charge in [0.2, 0.25) is 6.29 Å². The number of amides is 1. The second-order valence-corrected chi connectivity index (χ2v) is 8.83. The summed E-state index contributed by atoms with van der Waals surface area (Å²) in [5.41, 5.74) is 1.06. The summed E-state index contributed by atoms with van der Waals surface area (Å²) < 4.78 is 22.2. The van der Waals surface area contributed by atoms with Gasteiger partial charge in [0.25, 0.3) is 5.91 Å². The molecular formula is C25H27ClN2O9. The average molecular weight is 535 g/mol. The molecule has 0 aliphatic carbocycles. The molecule has 2 heterocycles. The van der Waals surface area contributed by atoms with Gasteiger partial charge in [0, 0.05) is 12.6 Å². The minimum atomic E-state index is -1.61. The maximum Gasteiger partial charge on any atom is 0.274 e. The average Bonchev–Trinajstić information content (AvgIpc) is 3.33. The van der Waals surface area contributed by atoms with Gasteiger partial charge < -0.3 is 44.5 Å². The first-order chi connectivity index (χ1) is 17.7. The van der Waals surface area contributed by atoms with E-state index < -0.39 is 36.6 Å². The highest BCUT2D eigenvalue weighted by atomic mass is 35.5. The zero-order valence-electron chi connectivity index (χ0n) is 20.2. The molecule has 5 N–H and O–H groups in total. The summed E-state index contributed by atoms with van der Waals surface area (Å²) in [7, 11) is 1.53. The van der Waals surface area contributed by atoms with Crippen LogP contribution in [0.4, 0.5) is 0 Å². The molecule has 37 heavy (non-hydrogen) atoms. The second kappa shape index (κ2) is 11.0. The van der Waals surface area contributed by atoms with Crippen molar-refractivity contribution in [2.45, 2.75) is 44.6 Å². The van der Waals surface area contributed by atoms with Gasteiger partial charge in [-0.1, -0.05) is 28.9 Å². The molecule has 2 aromatic carbocycles. The molecule has 1 saturated heterocycles. The third kappa shape index (κ3) is 5.22. The van der Waals surface area contributed by atoms with Crippen LogP contribution in [0.25, 0.3) is 22.5 Å². The highest BCUT2D eigenvalue weighted by Gasteiger charge is 2.43. The van der Waals surface area contributed by atoms with Crippen LogP contribution in [-0.2, 0) is 4.74 Å². The van der Waals surface area contributed by atoms with E-state index in [1.807, 2.05) is 0 Å². The van der Waals surface area contributed by atoms with Crippen LogP contribution in [-0.4, -0.2) is 75.9 Å². The molecule has 1 aliphatic heterocycles. The number of methoxy groups -OCH3 is 1. The molecule has 198 valence electrons. The van der Waals surface area contributed by atoms with Gasteiger partial charge in [0.1, 0.15) is 35.6 Å². The molecule has 12 heteroatoms. The summed E-state index contributed by atoms with van der Waals surface area (Å²) in [5, 5.41) is 47.5. The first kappa shape index (κ1) is 26.7. The molecule has 5 atom stereocenters. The van der Waals surface area contributed by atoms with Crippen molar-refractivity contribution in [3.8, 4) is 39.7 Å². The minimum Gasteiger partial charge on any atom is -0.506 e. The van der Waals surface area contributed by atoms with E-state index >= 15 is 0 Å². The number of aliphatic hydroxyl groups is 3. The molecule has 4 rings (SSSR count). The number of carbonyl (C=O) groups excluding carboxylic acids is 1. The number of rotatable bonds is 7. The number of phenolic OH excluding ortho intramolecular Hbond substituents is 1. The van der Waals surface area contributed by atoms with Crippen LogP contribution < -0.4 is 14.8 Å². The molecule has 1 aromatic heterocycles. The zero-order valence-corrected chi connectivity index (χ0v) is 21.0. The first-order valence-electron chi connectivity index (χ1n) is 11.5. The van der Waals surface area contributed by atoms with E-state index in [1.54, 1.807) is 31.2 Å². The van der Waals surface area contributed by atoms with E-state index in [0.717, 1.165) is 0 Å². The van der Waals surface area contributed by atoms with Crippen molar-refractivity contribution in [3.63, 3.8) is 0 Å². The summed E-state index contributed by atoms with van der Waals surface area (Å²) >= 11 is 6.21. The summed E-state index contributed by atoms with van der Waals surface area (Å²) in [5.74, 6) is -0.185. The Morgan fingerprint density at radius 1 is 1.14 bits per heavy atom. The van der Waals surface area contributed by atoms with E-state index in [4.69, 9.17) is 30.3 Å². The Morgan fingerprint density at radius 2 is 1.84 bits per heavy atom. The Hall–Kier alpha value is -3.35. The van der Waals surface area contributed by atoms with Crippen LogP contribution >= 0.6 is 11.6 Å². The Balaban J connectivity index is 1.85. The predicted octanol–water partition coefficient (Wildman–Crippen LogP) is 2.33. The van der Waals surface area contributed by atoms with Gasteiger partial charge in [-0.05, 0) is 37.6 Å². The van der Waals surface area contributed by atoms with E-state index in [9.17, 15) is 25.2 Å². The van der Waals surface area contributed by atoms with Crippen molar-refractivity contribution in [2.24, 2.45) is 0 Å². The number of nitrogens with zero attached hydrogens (tertiary/aromatic N) is 1. The lowest BCUT2D eigenvalue weighted by Crippen LogP contribution is -2.58. The molecule has 1 aliphatic rings. The molecule has 3 aromatic rings. The number of ether oxygens (including phenoxy) is 3. The smallest absolute Gasteiger partial charge is 0.274 e. The lowest BCUT2D eigenvalue weighted by Gasteiger charge is -2.39. The summed E-state index contributed by atoms with van der Waals surface area (Å²) in [6, 6.07) is 9.37. The molecule has 1 fully saturated rings. The number of aromatic nitrogens is 1. The fourth-order valence-electron chi connectivity index (χ4n) is 3.95. The highest BCUT2D eigenvalue weighted by molar-refractivity contribution is 6.32. The topological polar surface area (TPSA) is 164 Å². The normalized spacial score (nSPS) is 23.5. The van der Waals surface area contributed by atoms with Crippen LogP contribution in [0.5, 0.6) is 17.2 Å². The van der Waals surface area contributed by atoms with Crippen LogP contribution in [0.2, 0.25) is 5.02 Å². The van der Waals surface area contributed by atoms with Gasteiger partial charge in [-0.3, -0.25) is 4.79 Å². The zero-order chi connectivity index (χ0) is 26.9. The molecule has 11 nitrogen and oxygen atoms in total. The predicted molar refractivity (Wildman–Crippen MR) is 132 cm³/mol. The fraction of sp³-hybridized carbons (Fsp3) is 0.360. The van der Waals surface area contributed by atoms with Crippen LogP contribution in [0, 0.1) is 0 Å². The van der Waals surface area contributed by atoms with Crippen LogP contribution in [0.3, 0.4) is 0 Å². The van der Waals surface area contributed by atoms with Gasteiger partial charge in [0.15, 0.2) is 11.5 Å². The van der Waals surface area contributed by atoms with Crippen molar-refractivity contribution in [2.75, 3.05) is 13.7 Å². The maximum atomic E-state index is 12.8. The molecule has 0 saturated carbocycles. The molecule has 0 radical (unpaired) electrons. The minimum absolute atomic E-state index is 0.00159. The van der Waals surface area contributed by atoms with Gasteiger partial charge >= 0.3 is 0 Å². The third-order valence-electron chi connectivity index (χ3n) is 5.97. The monoisotopic (exact) mass is 534 g/mol. The van der Waals surface area contributed by atoms with Gasteiger partial charge in [-0.15, -0.1) is 0 Å². The van der Waals surface area contributed by atoms with Crippen LogP contribution in [0.15, 0.2) is 40.9 Å². The Kier molecular flexibility index (Phi) is 7.90. The van der Waals surface area contributed by atoms with E-state index in [2.05, 4.69) is 10.5 Å². The highest BCUT2D eigenvalue weighted by Crippen LogP contribution is 2.44. The number of aliphatic hydroxyl groups excluding tert-OH is 3. The Labute approximate surface area is 217 Å². The SMILES string of the molecule is CCNC(=O)c1noc(-c2cc(Cl)c(O)cc2O[C@@H]2O[C@@H](C)[C@@H](O)[C@@H](O)[C@@H]2O)c1-c1ccc(OC)cc1. The lowest BCUT2D eigenvalue weighted by atomic mass is 9.98. The van der Waals surface area contributed by atoms with Crippen LogP contribution in [0.1, 0.15) is 24.3 Å². The number of phenols is 1. The number of carbonyl (C=O) groups is 1. The van der Waals surface area contributed by atoms with E-state index in [-0.39, 0.29) is 33.5 Å². The van der Waals surface area contributed by atoms with Crippen molar-refractivity contribution < 1.29 is 44.0 Å². The number of hydrogen-bond acceptors (Lipinski definition) is 10. The number of nitrogens with one attached hydrogen (secondary N) is 1. The number of hydrogen-bond donors (Lipinski definition) is 5. The van der Waals surface area contributed by atoms with Gasteiger partial charge in [0.05, 0.1) is 29.4 Å². The van der Waals surface area contributed by atoms with Crippen molar-refractivity contribution in [1.82, 2.24) is 10.5 Å². The maximum absolute atomic E-state index is 12.8. The third-order valence-corrected chi connectivity index (χ3v) is 6.27. The summed E-state index contributed by atoms with van der Waals surface area (Å²) in [4.78, 5) is 12.8. The quantitative estimate of drug-likeness (QED) is 0.304. The number of halogens is 1. The summed E-state index contributed by atoms with van der Waals surface area (Å²) in [6.07, 6.45) is -6.76. The fourth-order valence-corrected chi connectivity index (χ4v) is 4.12. The van der Waals surface area contributed by atoms with Gasteiger partial charge in [-0.2, -0.15) is 0 Å². The summed E-state index contributed by atoms with van der Waals surface area (Å²) in [6.45, 7) is 3.62. The number of benzene rings is 2. The molecule has 0 bridgehead atoms. The Bertz CT molecular complexity index is 1260. The van der Waals surface area contributed by atoms with Crippen molar-refractivity contribution in [1.29, 1.82) is 0 Å². The first-order valence-corrected chi connectivity index (χ1v) is 11.9.